The molecule has 0 saturated heterocycles. The van der Waals surface area contributed by atoms with Crippen molar-refractivity contribution in [1.29, 1.82) is 0 Å². The molecule has 0 aliphatic carbocycles. The molecule has 0 aromatic heterocycles. The minimum atomic E-state index is -5.16. The molecule has 0 aliphatic heterocycles. The lowest BCUT2D eigenvalue weighted by atomic mass is 10.2. The quantitative estimate of drug-likeness (QED) is 0.403. The normalized spacial score (nSPS) is 11.4. The van der Waals surface area contributed by atoms with E-state index in [0.29, 0.717) is 5.75 Å². The van der Waals surface area contributed by atoms with Crippen LogP contribution in [-0.2, 0) is 18.7 Å². The minimum absolute atomic E-state index is 0.0192. The molecule has 0 amide bonds. The molecule has 0 aliphatic rings. The summed E-state index contributed by atoms with van der Waals surface area (Å²) in [7, 11) is -5.16. The van der Waals surface area contributed by atoms with Crippen LogP contribution in [0.2, 0.25) is 0 Å². The van der Waals surface area contributed by atoms with Crippen LogP contribution in [0.25, 0.3) is 0 Å². The first-order valence-corrected chi connectivity index (χ1v) is 6.44. The SMILES string of the molecule is CSCCC(=O)C(=O)COP(=O)([O-])[O-]. The summed E-state index contributed by atoms with van der Waals surface area (Å²) >= 11 is 1.38. The minimum Gasteiger partial charge on any atom is -0.790 e. The molecule has 8 heteroatoms. The monoisotopic (exact) mass is 240 g/mol. The van der Waals surface area contributed by atoms with E-state index in [9.17, 15) is 23.9 Å². The molecule has 0 fully saturated rings. The number of Topliss-reactive ketones (excluding diaryl/α,β-unsaturated/α-hetero) is 2. The van der Waals surface area contributed by atoms with E-state index >= 15 is 0 Å². The van der Waals surface area contributed by atoms with E-state index in [1.807, 2.05) is 0 Å². The second-order valence-electron chi connectivity index (χ2n) is 2.31. The van der Waals surface area contributed by atoms with Crippen molar-refractivity contribution in [2.75, 3.05) is 18.6 Å². The third-order valence-corrected chi connectivity index (χ3v) is 2.26. The van der Waals surface area contributed by atoms with Crippen molar-refractivity contribution < 1.29 is 28.5 Å². The number of phosphoric acid groups is 1. The summed E-state index contributed by atoms with van der Waals surface area (Å²) in [5, 5.41) is 0. The highest BCUT2D eigenvalue weighted by molar-refractivity contribution is 7.98. The zero-order chi connectivity index (χ0) is 11.2. The first-order chi connectivity index (χ1) is 6.37. The van der Waals surface area contributed by atoms with Gasteiger partial charge in [-0.3, -0.25) is 9.59 Å². The Bertz CT molecular complexity index is 259. The fourth-order valence-electron chi connectivity index (χ4n) is 0.552. The first kappa shape index (κ1) is 13.8. The smallest absolute Gasteiger partial charge is 0.224 e. The van der Waals surface area contributed by atoms with Gasteiger partial charge in [0, 0.05) is 12.2 Å². The zero-order valence-corrected chi connectivity index (χ0v) is 9.14. The third kappa shape index (κ3) is 7.23. The molecule has 0 aromatic rings. The van der Waals surface area contributed by atoms with Crippen molar-refractivity contribution in [2.45, 2.75) is 6.42 Å². The summed E-state index contributed by atoms with van der Waals surface area (Å²) in [6.07, 6.45) is 1.78. The van der Waals surface area contributed by atoms with E-state index in [-0.39, 0.29) is 6.42 Å². The van der Waals surface area contributed by atoms with Crippen molar-refractivity contribution in [3.63, 3.8) is 0 Å². The standard InChI is InChI=1S/C6H11O6PS/c1-14-3-2-5(7)6(8)4-12-13(9,10)11/h2-4H2,1H3,(H2,9,10,11)/p-2. The molecule has 0 heterocycles. The molecule has 0 radical (unpaired) electrons. The van der Waals surface area contributed by atoms with Gasteiger partial charge in [0.05, 0.1) is 7.82 Å². The predicted molar refractivity (Wildman–Crippen MR) is 46.6 cm³/mol. The summed E-state index contributed by atoms with van der Waals surface area (Å²) in [5.74, 6) is -1.25. The molecule has 0 N–H and O–H groups in total. The van der Waals surface area contributed by atoms with Crippen LogP contribution in [0.4, 0.5) is 0 Å². The molecule has 14 heavy (non-hydrogen) atoms. The molecular weight excluding hydrogens is 231 g/mol. The molecular formula is C6H9O6PS-2. The van der Waals surface area contributed by atoms with E-state index in [1.54, 1.807) is 6.26 Å². The largest absolute Gasteiger partial charge is 0.790 e. The maximum atomic E-state index is 10.9. The maximum Gasteiger partial charge on any atom is 0.224 e. The number of phosphoric ester groups is 1. The molecule has 0 aromatic carbocycles. The lowest BCUT2D eigenvalue weighted by Gasteiger charge is -2.27. The van der Waals surface area contributed by atoms with Gasteiger partial charge in [-0.25, -0.2) is 0 Å². The van der Waals surface area contributed by atoms with Gasteiger partial charge < -0.3 is 18.9 Å². The van der Waals surface area contributed by atoms with Gasteiger partial charge in [0.2, 0.25) is 11.6 Å². The highest BCUT2D eigenvalue weighted by Gasteiger charge is 2.13. The van der Waals surface area contributed by atoms with Crippen LogP contribution in [0.3, 0.4) is 0 Å². The van der Waals surface area contributed by atoms with Crippen molar-refractivity contribution in [3.8, 4) is 0 Å². The highest BCUT2D eigenvalue weighted by atomic mass is 32.2. The van der Waals surface area contributed by atoms with E-state index < -0.39 is 26.0 Å². The summed E-state index contributed by atoms with van der Waals surface area (Å²) in [4.78, 5) is 41.6. The molecule has 0 saturated carbocycles. The first-order valence-electron chi connectivity index (χ1n) is 3.58. The Morgan fingerprint density at radius 1 is 1.36 bits per heavy atom. The average Bonchev–Trinajstić information content (AvgIpc) is 2.09. The van der Waals surface area contributed by atoms with Crippen molar-refractivity contribution in [2.24, 2.45) is 0 Å². The molecule has 0 unspecified atom stereocenters. The molecule has 6 nitrogen and oxygen atoms in total. The number of thioether (sulfide) groups is 1. The highest BCUT2D eigenvalue weighted by Crippen LogP contribution is 2.23. The van der Waals surface area contributed by atoms with Gasteiger partial charge in [-0.2, -0.15) is 11.8 Å². The van der Waals surface area contributed by atoms with Crippen LogP contribution in [-0.4, -0.2) is 30.2 Å². The van der Waals surface area contributed by atoms with E-state index in [2.05, 4.69) is 4.52 Å². The van der Waals surface area contributed by atoms with Crippen LogP contribution in [0.5, 0.6) is 0 Å². The van der Waals surface area contributed by atoms with Crippen LogP contribution in [0.1, 0.15) is 6.42 Å². The summed E-state index contributed by atoms with van der Waals surface area (Å²) < 4.78 is 13.6. The van der Waals surface area contributed by atoms with Gasteiger partial charge in [0.1, 0.15) is 6.61 Å². The number of carbonyl (C=O) groups is 2. The lowest BCUT2D eigenvalue weighted by molar-refractivity contribution is -0.341. The third-order valence-electron chi connectivity index (χ3n) is 1.20. The second kappa shape index (κ2) is 6.31. The molecule has 0 rings (SSSR count). The van der Waals surface area contributed by atoms with E-state index in [1.165, 1.54) is 11.8 Å². The predicted octanol–water partition coefficient (Wildman–Crippen LogP) is -1.28. The zero-order valence-electron chi connectivity index (χ0n) is 7.43. The fraction of sp³-hybridized carbons (Fsp3) is 0.667. The number of hydrogen-bond acceptors (Lipinski definition) is 7. The van der Waals surface area contributed by atoms with Gasteiger partial charge in [-0.1, -0.05) is 0 Å². The maximum absolute atomic E-state index is 10.9. The summed E-state index contributed by atoms with van der Waals surface area (Å²) in [6, 6.07) is 0. The number of rotatable bonds is 7. The van der Waals surface area contributed by atoms with Crippen LogP contribution in [0, 0.1) is 0 Å². The number of ketones is 2. The fourth-order valence-corrected chi connectivity index (χ4v) is 1.22. The van der Waals surface area contributed by atoms with Crippen molar-refractivity contribution in [1.82, 2.24) is 0 Å². The molecule has 0 bridgehead atoms. The van der Waals surface area contributed by atoms with E-state index in [0.717, 1.165) is 0 Å². The topological polar surface area (TPSA) is 107 Å². The van der Waals surface area contributed by atoms with Crippen LogP contribution >= 0.6 is 19.6 Å². The Morgan fingerprint density at radius 3 is 2.36 bits per heavy atom. The summed E-state index contributed by atoms with van der Waals surface area (Å²) in [5.41, 5.74) is 0. The van der Waals surface area contributed by atoms with Gasteiger partial charge in [-0.15, -0.1) is 0 Å². The van der Waals surface area contributed by atoms with Crippen molar-refractivity contribution in [3.05, 3.63) is 0 Å². The van der Waals surface area contributed by atoms with Gasteiger partial charge in [-0.05, 0) is 6.26 Å². The van der Waals surface area contributed by atoms with E-state index in [4.69, 9.17) is 0 Å². The number of hydrogen-bond donors (Lipinski definition) is 0. The molecule has 0 spiro atoms. The Kier molecular flexibility index (Phi) is 6.22. The van der Waals surface area contributed by atoms with Gasteiger partial charge >= 0.3 is 0 Å². The Morgan fingerprint density at radius 2 is 1.93 bits per heavy atom. The summed E-state index contributed by atoms with van der Waals surface area (Å²) in [6.45, 7) is -0.989. The Hall–Kier alpha value is -0.200. The number of carbonyl (C=O) groups excluding carboxylic acids is 2. The van der Waals surface area contributed by atoms with Crippen LogP contribution < -0.4 is 9.79 Å². The molecule has 82 valence electrons. The lowest BCUT2D eigenvalue weighted by Crippen LogP contribution is -2.24. The average molecular weight is 240 g/mol. The van der Waals surface area contributed by atoms with Gasteiger partial charge in [0.15, 0.2) is 0 Å². The van der Waals surface area contributed by atoms with Gasteiger partial charge in [0.25, 0.3) is 0 Å². The second-order valence-corrected chi connectivity index (χ2v) is 4.45. The van der Waals surface area contributed by atoms with Crippen molar-refractivity contribution >= 4 is 31.2 Å². The van der Waals surface area contributed by atoms with Crippen LogP contribution in [0.15, 0.2) is 0 Å². The Balaban J connectivity index is 3.85. The molecule has 0 atom stereocenters. The Labute approximate surface area is 85.3 Å².